The molecule has 1 aliphatic carbocycles. The third-order valence-electron chi connectivity index (χ3n) is 6.22. The number of nitrogens with zero attached hydrogens (tertiary/aromatic N) is 5. The van der Waals surface area contributed by atoms with Crippen LogP contribution < -0.4 is 5.56 Å². The number of nitriles is 1. The van der Waals surface area contributed by atoms with Gasteiger partial charge < -0.3 is 4.57 Å². The lowest BCUT2D eigenvalue weighted by atomic mass is 9.96. The van der Waals surface area contributed by atoms with Crippen molar-refractivity contribution < 1.29 is 0 Å². The molecule has 1 aliphatic rings. The van der Waals surface area contributed by atoms with Crippen LogP contribution in [0.1, 0.15) is 51.6 Å². The first-order valence-corrected chi connectivity index (χ1v) is 12.5. The van der Waals surface area contributed by atoms with Crippen LogP contribution in [-0.2, 0) is 12.8 Å². The van der Waals surface area contributed by atoms with Crippen molar-refractivity contribution in [1.82, 2.24) is 14.2 Å². The van der Waals surface area contributed by atoms with Crippen LogP contribution in [0.5, 0.6) is 0 Å². The Morgan fingerprint density at radius 3 is 2.79 bits per heavy atom. The molecule has 0 unspecified atom stereocenters. The molecule has 0 saturated heterocycles. The van der Waals surface area contributed by atoms with Gasteiger partial charge in [-0.15, -0.1) is 11.3 Å². The molecule has 0 N–H and O–H groups in total. The summed E-state index contributed by atoms with van der Waals surface area (Å²) in [6, 6.07) is 9.96. The fourth-order valence-corrected chi connectivity index (χ4v) is 6.38. The number of thiophene rings is 1. The Hall–Kier alpha value is -3.02. The van der Waals surface area contributed by atoms with Crippen molar-refractivity contribution in [2.45, 2.75) is 46.5 Å². The molecule has 4 aromatic rings. The third kappa shape index (κ3) is 3.65. The second-order valence-corrected chi connectivity index (χ2v) is 10.3. The van der Waals surface area contributed by atoms with Gasteiger partial charge in [-0.2, -0.15) is 15.0 Å². The minimum absolute atomic E-state index is 0.207. The Morgan fingerprint density at radius 2 is 2.00 bits per heavy atom. The Kier molecular flexibility index (Phi) is 5.55. The maximum atomic E-state index is 13.0. The van der Waals surface area contributed by atoms with Crippen LogP contribution in [0.4, 0.5) is 0 Å². The summed E-state index contributed by atoms with van der Waals surface area (Å²) in [5, 5.41) is 15.9. The second-order valence-electron chi connectivity index (χ2n) is 8.35. The van der Waals surface area contributed by atoms with Crippen LogP contribution in [0.25, 0.3) is 15.9 Å². The highest BCUT2D eigenvalue weighted by atomic mass is 79.9. The zero-order valence-corrected chi connectivity index (χ0v) is 21.0. The molecule has 0 radical (unpaired) electrons. The molecule has 3 heterocycles. The van der Waals surface area contributed by atoms with Crippen molar-refractivity contribution in [1.29, 1.82) is 5.26 Å². The quantitative estimate of drug-likeness (QED) is 0.332. The van der Waals surface area contributed by atoms with E-state index in [0.717, 1.165) is 51.3 Å². The first kappa shape index (κ1) is 21.8. The van der Waals surface area contributed by atoms with Gasteiger partial charge in [0, 0.05) is 26.3 Å². The molecular weight excluding hydrogens is 498 g/mol. The van der Waals surface area contributed by atoms with E-state index in [0.29, 0.717) is 16.7 Å². The second kappa shape index (κ2) is 8.40. The van der Waals surface area contributed by atoms with Crippen molar-refractivity contribution in [2.75, 3.05) is 0 Å². The molecule has 6 nitrogen and oxygen atoms in total. The van der Waals surface area contributed by atoms with Gasteiger partial charge in [-0.1, -0.05) is 15.9 Å². The van der Waals surface area contributed by atoms with E-state index in [4.69, 9.17) is 0 Å². The summed E-state index contributed by atoms with van der Waals surface area (Å²) >= 11 is 5.15. The molecule has 0 spiro atoms. The van der Waals surface area contributed by atoms with Crippen molar-refractivity contribution in [3.8, 4) is 11.1 Å². The summed E-state index contributed by atoms with van der Waals surface area (Å²) in [6.07, 6.45) is 6.07. The largest absolute Gasteiger partial charge is 0.308 e. The van der Waals surface area contributed by atoms with Crippen LogP contribution in [0.2, 0.25) is 0 Å². The Balaban J connectivity index is 1.59. The van der Waals surface area contributed by atoms with Crippen molar-refractivity contribution >= 4 is 44.4 Å². The maximum absolute atomic E-state index is 13.0. The van der Waals surface area contributed by atoms with Crippen LogP contribution in [0, 0.1) is 32.1 Å². The van der Waals surface area contributed by atoms with Crippen molar-refractivity contribution in [2.24, 2.45) is 5.10 Å². The van der Waals surface area contributed by atoms with E-state index in [-0.39, 0.29) is 5.56 Å². The monoisotopic (exact) mass is 519 g/mol. The van der Waals surface area contributed by atoms with Crippen LogP contribution >= 0.6 is 27.3 Å². The standard InChI is InChI=1S/C25H22BrN5OS/c1-14-10-17(13-28-31-16(3)29-22-9-8-18(26)11-20(22)24(31)32)15(2)30(14)25-21(12-27)19-6-4-5-7-23(19)33-25/h8-11,13H,4-7H2,1-3H3. The van der Waals surface area contributed by atoms with Crippen LogP contribution in [0.15, 0.2) is 38.6 Å². The van der Waals surface area contributed by atoms with Gasteiger partial charge in [-0.3, -0.25) is 4.79 Å². The fraction of sp³-hybridized carbons (Fsp3) is 0.280. The lowest BCUT2D eigenvalue weighted by Gasteiger charge is -2.10. The molecule has 8 heteroatoms. The first-order chi connectivity index (χ1) is 15.9. The summed E-state index contributed by atoms with van der Waals surface area (Å²) in [6.45, 7) is 5.84. The van der Waals surface area contributed by atoms with E-state index in [1.807, 2.05) is 32.0 Å². The fourth-order valence-electron chi connectivity index (χ4n) is 4.57. The molecule has 3 aromatic heterocycles. The van der Waals surface area contributed by atoms with Gasteiger partial charge in [0.25, 0.3) is 5.56 Å². The number of halogens is 1. The number of fused-ring (bicyclic) bond motifs is 2. The van der Waals surface area contributed by atoms with Crippen LogP contribution in [0.3, 0.4) is 0 Å². The smallest absolute Gasteiger partial charge is 0.282 e. The summed E-state index contributed by atoms with van der Waals surface area (Å²) < 4.78 is 4.31. The van der Waals surface area contributed by atoms with E-state index in [1.165, 1.54) is 21.5 Å². The molecule has 0 aliphatic heterocycles. The SMILES string of the molecule is Cc1cc(C=Nn2c(C)nc3ccc(Br)cc3c2=O)c(C)n1-c1sc2c(c1C#N)CCCC2. The summed E-state index contributed by atoms with van der Waals surface area (Å²) in [7, 11) is 0. The number of benzene rings is 1. The maximum Gasteiger partial charge on any atom is 0.282 e. The average Bonchev–Trinajstić information content (AvgIpc) is 3.29. The highest BCUT2D eigenvalue weighted by molar-refractivity contribution is 9.10. The number of aromatic nitrogens is 3. The lowest BCUT2D eigenvalue weighted by Crippen LogP contribution is -2.20. The van der Waals surface area contributed by atoms with Gasteiger partial charge in [0.05, 0.1) is 22.7 Å². The number of hydrogen-bond acceptors (Lipinski definition) is 5. The molecule has 5 rings (SSSR count). The van der Waals surface area contributed by atoms with E-state index in [2.05, 4.69) is 36.7 Å². The molecular formula is C25H22BrN5OS. The van der Waals surface area contributed by atoms with E-state index < -0.39 is 0 Å². The van der Waals surface area contributed by atoms with Gasteiger partial charge in [0.15, 0.2) is 0 Å². The molecule has 0 amide bonds. The van der Waals surface area contributed by atoms with Gasteiger partial charge in [0.2, 0.25) is 0 Å². The summed E-state index contributed by atoms with van der Waals surface area (Å²) in [4.78, 5) is 18.9. The number of hydrogen-bond donors (Lipinski definition) is 0. The topological polar surface area (TPSA) is 76.0 Å². The Morgan fingerprint density at radius 1 is 1.21 bits per heavy atom. The molecule has 166 valence electrons. The minimum Gasteiger partial charge on any atom is -0.308 e. The molecule has 0 atom stereocenters. The highest BCUT2D eigenvalue weighted by Crippen LogP contribution is 2.38. The summed E-state index contributed by atoms with van der Waals surface area (Å²) in [5.41, 5.74) is 5.40. The van der Waals surface area contributed by atoms with Crippen molar-refractivity contribution in [3.63, 3.8) is 0 Å². The normalized spacial score (nSPS) is 13.5. The zero-order valence-electron chi connectivity index (χ0n) is 18.6. The number of rotatable bonds is 3. The predicted octanol–water partition coefficient (Wildman–Crippen LogP) is 5.57. The van der Waals surface area contributed by atoms with Crippen molar-refractivity contribution in [3.05, 3.63) is 77.9 Å². The zero-order chi connectivity index (χ0) is 23.3. The predicted molar refractivity (Wildman–Crippen MR) is 136 cm³/mol. The highest BCUT2D eigenvalue weighted by Gasteiger charge is 2.23. The average molecular weight is 520 g/mol. The van der Waals surface area contributed by atoms with E-state index in [1.54, 1.807) is 30.5 Å². The Bertz CT molecular complexity index is 1550. The first-order valence-electron chi connectivity index (χ1n) is 10.9. The molecule has 0 fully saturated rings. The molecule has 1 aromatic carbocycles. The van der Waals surface area contributed by atoms with Gasteiger partial charge >= 0.3 is 0 Å². The molecule has 0 bridgehead atoms. The lowest BCUT2D eigenvalue weighted by molar-refractivity contribution is 0.695. The van der Waals surface area contributed by atoms with E-state index >= 15 is 0 Å². The minimum atomic E-state index is -0.207. The number of aryl methyl sites for hydroxylation is 3. The molecule has 0 saturated carbocycles. The van der Waals surface area contributed by atoms with E-state index in [9.17, 15) is 10.1 Å². The Labute approximate surface area is 204 Å². The third-order valence-corrected chi connectivity index (χ3v) is 7.99. The van der Waals surface area contributed by atoms with Gasteiger partial charge in [0.1, 0.15) is 16.9 Å². The summed E-state index contributed by atoms with van der Waals surface area (Å²) in [5.74, 6) is 0.526. The molecule has 33 heavy (non-hydrogen) atoms. The van der Waals surface area contributed by atoms with Gasteiger partial charge in [-0.05, 0) is 76.3 Å². The van der Waals surface area contributed by atoms with Gasteiger partial charge in [-0.25, -0.2) is 4.98 Å². The van der Waals surface area contributed by atoms with Crippen LogP contribution in [-0.4, -0.2) is 20.4 Å².